The van der Waals surface area contributed by atoms with E-state index in [9.17, 15) is 5.26 Å². The summed E-state index contributed by atoms with van der Waals surface area (Å²) in [5.41, 5.74) is 3.25. The smallest absolute Gasteiger partial charge is 0.297 e. The average Bonchev–Trinajstić information content (AvgIpc) is 3.18. The first-order valence-electron chi connectivity index (χ1n) is 9.25. The molecule has 1 N–H and O–H groups in total. The summed E-state index contributed by atoms with van der Waals surface area (Å²) in [6, 6.07) is 12.3. The van der Waals surface area contributed by atoms with Crippen LogP contribution in [-0.4, -0.2) is 48.1 Å². The molecule has 142 valence electrons. The predicted octanol–water partition coefficient (Wildman–Crippen LogP) is 3.41. The second-order valence-electron chi connectivity index (χ2n) is 7.05. The van der Waals surface area contributed by atoms with Gasteiger partial charge in [-0.15, -0.1) is 0 Å². The van der Waals surface area contributed by atoms with Crippen LogP contribution < -0.4 is 10.2 Å². The van der Waals surface area contributed by atoms with Crippen molar-refractivity contribution in [2.45, 2.75) is 6.92 Å². The van der Waals surface area contributed by atoms with Crippen molar-refractivity contribution in [3.63, 3.8) is 0 Å². The second kappa shape index (κ2) is 7.71. The van der Waals surface area contributed by atoms with E-state index >= 15 is 0 Å². The van der Waals surface area contributed by atoms with Gasteiger partial charge in [-0.1, -0.05) is 0 Å². The van der Waals surface area contributed by atoms with Crippen molar-refractivity contribution in [2.24, 2.45) is 0 Å². The first kappa shape index (κ1) is 18.0. The van der Waals surface area contributed by atoms with Crippen molar-refractivity contribution in [1.29, 1.82) is 5.26 Å². The fraction of sp³-hybridized carbons (Fsp3) is 0.286. The first-order chi connectivity index (χ1) is 13.6. The van der Waals surface area contributed by atoms with E-state index in [1.807, 2.05) is 31.2 Å². The fourth-order valence-electron chi connectivity index (χ4n) is 3.20. The van der Waals surface area contributed by atoms with Crippen LogP contribution in [0.15, 0.2) is 47.1 Å². The predicted molar refractivity (Wildman–Crippen MR) is 109 cm³/mol. The summed E-state index contributed by atoms with van der Waals surface area (Å²) in [5.74, 6) is 1.38. The van der Waals surface area contributed by atoms with Crippen LogP contribution in [0.4, 0.5) is 17.5 Å². The Bertz CT molecular complexity index is 1010. The minimum Gasteiger partial charge on any atom is -0.423 e. The van der Waals surface area contributed by atoms with E-state index in [-0.39, 0.29) is 0 Å². The average molecular weight is 374 g/mol. The van der Waals surface area contributed by atoms with Crippen LogP contribution in [0.2, 0.25) is 0 Å². The third-order valence-corrected chi connectivity index (χ3v) is 4.80. The van der Waals surface area contributed by atoms with E-state index in [0.29, 0.717) is 17.3 Å². The lowest BCUT2D eigenvalue weighted by atomic mass is 10.1. The summed E-state index contributed by atoms with van der Waals surface area (Å²) < 4.78 is 6.01. The Labute approximate surface area is 164 Å². The summed E-state index contributed by atoms with van der Waals surface area (Å²) >= 11 is 0. The summed E-state index contributed by atoms with van der Waals surface area (Å²) in [6.07, 6.45) is 3.48. The lowest BCUT2D eigenvalue weighted by Gasteiger charge is -2.31. The molecule has 28 heavy (non-hydrogen) atoms. The molecule has 1 saturated heterocycles. The number of anilines is 3. The third-order valence-electron chi connectivity index (χ3n) is 4.80. The van der Waals surface area contributed by atoms with Gasteiger partial charge in [0.25, 0.3) is 6.01 Å². The number of nitriles is 1. The van der Waals surface area contributed by atoms with E-state index in [0.717, 1.165) is 48.8 Å². The van der Waals surface area contributed by atoms with E-state index in [1.165, 1.54) is 0 Å². The number of likely N-dealkylation sites (N-methyl/N-ethyl adjacent to an activating group) is 1. The lowest BCUT2D eigenvalue weighted by molar-refractivity contribution is 0.305. The number of piperazine rings is 1. The summed E-state index contributed by atoms with van der Waals surface area (Å²) in [6.45, 7) is 5.76. The molecular weight excluding hydrogens is 352 g/mol. The monoisotopic (exact) mass is 374 g/mol. The topological polar surface area (TPSA) is 81.2 Å². The highest BCUT2D eigenvalue weighted by Gasteiger charge is 2.19. The molecule has 0 unspecified atom stereocenters. The van der Waals surface area contributed by atoms with E-state index in [2.05, 4.69) is 38.2 Å². The van der Waals surface area contributed by atoms with Crippen molar-refractivity contribution in [3.8, 4) is 17.4 Å². The molecule has 7 heteroatoms. The maximum atomic E-state index is 9.42. The van der Waals surface area contributed by atoms with Crippen LogP contribution in [0.1, 0.15) is 11.1 Å². The molecule has 1 aromatic carbocycles. The number of rotatable bonds is 4. The molecule has 0 amide bonds. The van der Waals surface area contributed by atoms with Gasteiger partial charge in [-0.05, 0) is 49.9 Å². The number of hydrogen-bond acceptors (Lipinski definition) is 7. The molecule has 1 fully saturated rings. The summed E-state index contributed by atoms with van der Waals surface area (Å²) in [7, 11) is 2.11. The summed E-state index contributed by atoms with van der Waals surface area (Å²) in [4.78, 5) is 13.2. The zero-order chi connectivity index (χ0) is 19.5. The molecule has 0 spiro atoms. The lowest BCUT2D eigenvalue weighted by Crippen LogP contribution is -2.44. The maximum absolute atomic E-state index is 9.42. The molecule has 3 heterocycles. The normalized spacial score (nSPS) is 14.7. The Morgan fingerprint density at radius 1 is 1.11 bits per heavy atom. The van der Waals surface area contributed by atoms with Gasteiger partial charge in [-0.25, -0.2) is 9.97 Å². The van der Waals surface area contributed by atoms with Crippen LogP contribution >= 0.6 is 0 Å². The fourth-order valence-corrected chi connectivity index (χ4v) is 3.20. The number of nitrogens with one attached hydrogen (secondary N) is 1. The van der Waals surface area contributed by atoms with Gasteiger partial charge in [0.15, 0.2) is 5.76 Å². The molecule has 0 bridgehead atoms. The van der Waals surface area contributed by atoms with Crippen LogP contribution in [0.25, 0.3) is 11.3 Å². The highest BCUT2D eigenvalue weighted by atomic mass is 16.4. The number of aromatic nitrogens is 2. The third kappa shape index (κ3) is 3.97. The van der Waals surface area contributed by atoms with Crippen LogP contribution in [0.5, 0.6) is 0 Å². The van der Waals surface area contributed by atoms with Gasteiger partial charge in [-0.2, -0.15) is 5.26 Å². The van der Waals surface area contributed by atoms with Gasteiger partial charge in [0.2, 0.25) is 0 Å². The number of pyridine rings is 1. The largest absolute Gasteiger partial charge is 0.423 e. The second-order valence-corrected chi connectivity index (χ2v) is 7.05. The van der Waals surface area contributed by atoms with Crippen molar-refractivity contribution in [2.75, 3.05) is 43.4 Å². The van der Waals surface area contributed by atoms with Crippen LogP contribution in [0, 0.1) is 18.3 Å². The molecule has 7 nitrogen and oxygen atoms in total. The molecular formula is C21H22N6O. The molecule has 2 aromatic heterocycles. The molecule has 3 aromatic rings. The number of hydrogen-bond donors (Lipinski definition) is 1. The van der Waals surface area contributed by atoms with E-state index in [4.69, 9.17) is 4.42 Å². The van der Waals surface area contributed by atoms with E-state index < -0.39 is 0 Å². The quantitative estimate of drug-likeness (QED) is 0.749. The Morgan fingerprint density at radius 3 is 2.68 bits per heavy atom. The van der Waals surface area contributed by atoms with Gasteiger partial charge in [0.05, 0.1) is 17.8 Å². The van der Waals surface area contributed by atoms with Crippen molar-refractivity contribution in [1.82, 2.24) is 14.9 Å². The molecule has 4 rings (SSSR count). The van der Waals surface area contributed by atoms with Crippen molar-refractivity contribution >= 4 is 17.5 Å². The number of benzene rings is 1. The van der Waals surface area contributed by atoms with E-state index in [1.54, 1.807) is 18.5 Å². The van der Waals surface area contributed by atoms with Gasteiger partial charge < -0.3 is 19.5 Å². The number of aryl methyl sites for hydroxylation is 1. The zero-order valence-corrected chi connectivity index (χ0v) is 16.0. The Hall–Kier alpha value is -3.37. The maximum Gasteiger partial charge on any atom is 0.297 e. The Kier molecular flexibility index (Phi) is 4.96. The molecule has 0 saturated carbocycles. The molecule has 1 aliphatic heterocycles. The molecule has 1 aliphatic rings. The van der Waals surface area contributed by atoms with Crippen LogP contribution in [-0.2, 0) is 0 Å². The van der Waals surface area contributed by atoms with Crippen molar-refractivity contribution in [3.05, 3.63) is 53.9 Å². The van der Waals surface area contributed by atoms with Gasteiger partial charge in [-0.3, -0.25) is 0 Å². The zero-order valence-electron chi connectivity index (χ0n) is 16.0. The number of oxazole rings is 1. The minimum absolute atomic E-state index is 0.546. The Morgan fingerprint density at radius 2 is 1.93 bits per heavy atom. The minimum atomic E-state index is 0.546. The molecule has 0 atom stereocenters. The standard InChI is InChI=1S/C21H22N6O/c1-15-3-4-23-20(9-15)25-18-11-16(13-22)10-17(12-18)19-14-24-21(28-19)27-7-5-26(2)6-8-27/h3-4,9-12,14H,5-8H2,1-2H3,(H,23,25). The highest BCUT2D eigenvalue weighted by Crippen LogP contribution is 2.29. The highest BCUT2D eigenvalue weighted by molar-refractivity contribution is 5.70. The number of nitrogens with zero attached hydrogens (tertiary/aromatic N) is 5. The summed E-state index contributed by atoms with van der Waals surface area (Å²) in [5, 5.41) is 12.7. The first-order valence-corrected chi connectivity index (χ1v) is 9.25. The van der Waals surface area contributed by atoms with Gasteiger partial charge in [0.1, 0.15) is 5.82 Å². The molecule has 0 radical (unpaired) electrons. The van der Waals surface area contributed by atoms with Crippen LogP contribution in [0.3, 0.4) is 0 Å². The van der Waals surface area contributed by atoms with Crippen molar-refractivity contribution < 1.29 is 4.42 Å². The SMILES string of the molecule is Cc1ccnc(Nc2cc(C#N)cc(-c3cnc(N4CCN(C)CC4)o3)c2)c1. The van der Waals surface area contributed by atoms with Gasteiger partial charge >= 0.3 is 0 Å². The molecule has 0 aliphatic carbocycles. The Balaban J connectivity index is 1.60. The van der Waals surface area contributed by atoms with Gasteiger partial charge in [0, 0.05) is 43.6 Å².